The van der Waals surface area contributed by atoms with Gasteiger partial charge in [0, 0.05) is 6.07 Å². The highest BCUT2D eigenvalue weighted by molar-refractivity contribution is 7.80. The van der Waals surface area contributed by atoms with E-state index in [2.05, 4.69) is 12.6 Å². The number of thiol groups is 1. The minimum absolute atomic E-state index is 0.00364. The van der Waals surface area contributed by atoms with Gasteiger partial charge in [-0.2, -0.15) is 0 Å². The standard InChI is InChI=1S/C8H5NO3S2/c10-7-6(13)3-5(9(11)12)4-1-2-14-8(4)7/h1-3,10,13H. The average molecular weight is 227 g/mol. The van der Waals surface area contributed by atoms with Gasteiger partial charge in [-0.25, -0.2) is 0 Å². The molecule has 6 heteroatoms. The van der Waals surface area contributed by atoms with Gasteiger partial charge in [0.2, 0.25) is 0 Å². The summed E-state index contributed by atoms with van der Waals surface area (Å²) in [6.07, 6.45) is 0. The first-order chi connectivity index (χ1) is 6.61. The van der Waals surface area contributed by atoms with Gasteiger partial charge in [-0.3, -0.25) is 10.1 Å². The number of aromatic hydroxyl groups is 1. The van der Waals surface area contributed by atoms with Gasteiger partial charge in [0.05, 0.1) is 19.9 Å². The van der Waals surface area contributed by atoms with Crippen molar-refractivity contribution < 1.29 is 10.0 Å². The summed E-state index contributed by atoms with van der Waals surface area (Å²) in [5.41, 5.74) is -0.0240. The Hall–Kier alpha value is -1.27. The Bertz CT molecular complexity index is 521. The van der Waals surface area contributed by atoms with Crippen LogP contribution in [0.2, 0.25) is 0 Å². The van der Waals surface area contributed by atoms with E-state index in [1.54, 1.807) is 11.4 Å². The number of fused-ring (bicyclic) bond motifs is 1. The molecule has 0 aliphatic heterocycles. The molecule has 0 spiro atoms. The molecule has 2 rings (SSSR count). The van der Waals surface area contributed by atoms with Crippen LogP contribution in [0.3, 0.4) is 0 Å². The lowest BCUT2D eigenvalue weighted by molar-refractivity contribution is -0.383. The average Bonchev–Trinajstić information content (AvgIpc) is 2.59. The van der Waals surface area contributed by atoms with E-state index in [1.807, 2.05) is 0 Å². The Morgan fingerprint density at radius 1 is 1.57 bits per heavy atom. The molecule has 1 heterocycles. The molecule has 2 aromatic rings. The van der Waals surface area contributed by atoms with Gasteiger partial charge < -0.3 is 5.11 Å². The molecule has 0 aliphatic carbocycles. The second kappa shape index (κ2) is 3.14. The number of hydrogen-bond acceptors (Lipinski definition) is 5. The molecular weight excluding hydrogens is 222 g/mol. The summed E-state index contributed by atoms with van der Waals surface area (Å²) < 4.78 is 0.504. The zero-order valence-electron chi connectivity index (χ0n) is 6.80. The maximum atomic E-state index is 10.7. The van der Waals surface area contributed by atoms with Crippen molar-refractivity contribution in [2.45, 2.75) is 4.90 Å². The topological polar surface area (TPSA) is 63.4 Å². The highest BCUT2D eigenvalue weighted by Gasteiger charge is 2.17. The van der Waals surface area contributed by atoms with Crippen molar-refractivity contribution in [1.29, 1.82) is 0 Å². The van der Waals surface area contributed by atoms with Crippen LogP contribution in [0.5, 0.6) is 5.75 Å². The number of thiophene rings is 1. The predicted octanol–water partition coefficient (Wildman–Crippen LogP) is 2.80. The zero-order valence-corrected chi connectivity index (χ0v) is 8.51. The molecule has 0 amide bonds. The molecule has 72 valence electrons. The van der Waals surface area contributed by atoms with Crippen LogP contribution in [0, 0.1) is 10.1 Å². The van der Waals surface area contributed by atoms with Gasteiger partial charge in [0.15, 0.2) is 0 Å². The molecule has 1 N–H and O–H groups in total. The summed E-state index contributed by atoms with van der Waals surface area (Å²) in [7, 11) is 0. The number of hydrogen-bond donors (Lipinski definition) is 2. The van der Waals surface area contributed by atoms with Gasteiger partial charge in [0.1, 0.15) is 5.75 Å². The molecule has 1 aromatic heterocycles. The van der Waals surface area contributed by atoms with Crippen LogP contribution in [0.4, 0.5) is 5.69 Å². The summed E-state index contributed by atoms with van der Waals surface area (Å²) in [6.45, 7) is 0. The number of non-ortho nitro benzene ring substituents is 1. The van der Waals surface area contributed by atoms with Crippen molar-refractivity contribution >= 4 is 39.7 Å². The van der Waals surface area contributed by atoms with Crippen LogP contribution < -0.4 is 0 Å². The number of nitro benzene ring substituents is 1. The maximum absolute atomic E-state index is 10.7. The lowest BCUT2D eigenvalue weighted by Gasteiger charge is -1.99. The van der Waals surface area contributed by atoms with E-state index in [-0.39, 0.29) is 16.3 Å². The van der Waals surface area contributed by atoms with E-state index < -0.39 is 4.92 Å². The van der Waals surface area contributed by atoms with E-state index in [1.165, 1.54) is 17.4 Å². The summed E-state index contributed by atoms with van der Waals surface area (Å²) in [5, 5.41) is 22.4. The van der Waals surface area contributed by atoms with Crippen LogP contribution in [0.15, 0.2) is 22.4 Å². The van der Waals surface area contributed by atoms with Crippen LogP contribution in [0.1, 0.15) is 0 Å². The number of nitrogens with zero attached hydrogens (tertiary/aromatic N) is 1. The zero-order chi connectivity index (χ0) is 10.3. The highest BCUT2D eigenvalue weighted by atomic mass is 32.1. The van der Waals surface area contributed by atoms with E-state index in [9.17, 15) is 15.2 Å². The lowest BCUT2D eigenvalue weighted by atomic mass is 10.2. The largest absolute Gasteiger partial charge is 0.505 e. The SMILES string of the molecule is O=[N+]([O-])c1cc(S)c(O)c2sccc12. The molecule has 0 atom stereocenters. The normalized spacial score (nSPS) is 10.6. The molecule has 14 heavy (non-hydrogen) atoms. The molecule has 1 aromatic carbocycles. The molecule has 0 unspecified atom stereocenters. The quantitative estimate of drug-likeness (QED) is 0.447. The van der Waals surface area contributed by atoms with Gasteiger partial charge >= 0.3 is 0 Å². The Morgan fingerprint density at radius 2 is 2.29 bits per heavy atom. The lowest BCUT2D eigenvalue weighted by Crippen LogP contribution is -1.88. The molecule has 0 radical (unpaired) electrons. The summed E-state index contributed by atoms with van der Waals surface area (Å²) in [6, 6.07) is 2.87. The van der Waals surface area contributed by atoms with Crippen molar-refractivity contribution in [1.82, 2.24) is 0 Å². The van der Waals surface area contributed by atoms with E-state index in [4.69, 9.17) is 0 Å². The number of nitro groups is 1. The smallest absolute Gasteiger partial charge is 0.279 e. The monoisotopic (exact) mass is 227 g/mol. The van der Waals surface area contributed by atoms with E-state index >= 15 is 0 Å². The predicted molar refractivity (Wildman–Crippen MR) is 57.4 cm³/mol. The molecule has 0 fully saturated rings. The van der Waals surface area contributed by atoms with Crippen molar-refractivity contribution in [3.63, 3.8) is 0 Å². The van der Waals surface area contributed by atoms with Crippen LogP contribution in [0.25, 0.3) is 10.1 Å². The molecular formula is C8H5NO3S2. The third-order valence-electron chi connectivity index (χ3n) is 1.87. The fraction of sp³-hybridized carbons (Fsp3) is 0. The van der Waals surface area contributed by atoms with Crippen LogP contribution in [-0.4, -0.2) is 10.0 Å². The third kappa shape index (κ3) is 1.23. The van der Waals surface area contributed by atoms with Crippen molar-refractivity contribution in [2.24, 2.45) is 0 Å². The number of rotatable bonds is 1. The molecule has 0 aliphatic rings. The minimum atomic E-state index is -0.478. The first-order valence-corrected chi connectivity index (χ1v) is 5.00. The van der Waals surface area contributed by atoms with Crippen molar-refractivity contribution in [3.05, 3.63) is 27.6 Å². The fourth-order valence-electron chi connectivity index (χ4n) is 1.24. The number of benzene rings is 1. The third-order valence-corrected chi connectivity index (χ3v) is 3.13. The minimum Gasteiger partial charge on any atom is -0.505 e. The molecule has 0 saturated carbocycles. The van der Waals surface area contributed by atoms with Crippen LogP contribution >= 0.6 is 24.0 Å². The Balaban J connectivity index is 2.91. The fourth-order valence-corrected chi connectivity index (χ4v) is 2.41. The highest BCUT2D eigenvalue weighted by Crippen LogP contribution is 2.40. The van der Waals surface area contributed by atoms with Crippen molar-refractivity contribution in [2.75, 3.05) is 0 Å². The van der Waals surface area contributed by atoms with Gasteiger partial charge in [-0.05, 0) is 11.4 Å². The number of phenols is 1. The Morgan fingerprint density at radius 3 is 2.93 bits per heavy atom. The van der Waals surface area contributed by atoms with Gasteiger partial charge in [-0.1, -0.05) is 0 Å². The Kier molecular flexibility index (Phi) is 2.09. The first-order valence-electron chi connectivity index (χ1n) is 3.68. The second-order valence-corrected chi connectivity index (χ2v) is 4.08. The molecule has 4 nitrogen and oxygen atoms in total. The summed E-state index contributed by atoms with van der Waals surface area (Å²) in [4.78, 5) is 10.4. The van der Waals surface area contributed by atoms with E-state index in [0.29, 0.717) is 10.1 Å². The second-order valence-electron chi connectivity index (χ2n) is 2.68. The Labute approximate surface area is 88.4 Å². The first kappa shape index (κ1) is 9.29. The summed E-state index contributed by atoms with van der Waals surface area (Å²) >= 11 is 5.22. The molecule has 0 saturated heterocycles. The maximum Gasteiger partial charge on any atom is 0.279 e. The van der Waals surface area contributed by atoms with Gasteiger partial charge in [-0.15, -0.1) is 24.0 Å². The summed E-state index contributed by atoms with van der Waals surface area (Å²) in [5.74, 6) is 0.00364. The number of phenolic OH excluding ortho intramolecular Hbond substituents is 1. The van der Waals surface area contributed by atoms with Gasteiger partial charge in [0.25, 0.3) is 5.69 Å². The van der Waals surface area contributed by atoms with Crippen LogP contribution in [-0.2, 0) is 0 Å². The van der Waals surface area contributed by atoms with E-state index in [0.717, 1.165) is 0 Å². The van der Waals surface area contributed by atoms with Crippen molar-refractivity contribution in [3.8, 4) is 5.75 Å². The molecule has 0 bridgehead atoms.